The second-order valence-corrected chi connectivity index (χ2v) is 3.89. The van der Waals surface area contributed by atoms with Crippen LogP contribution in [0.15, 0.2) is 30.3 Å². The zero-order chi connectivity index (χ0) is 12.4. The van der Waals surface area contributed by atoms with Gasteiger partial charge < -0.3 is 0 Å². The summed E-state index contributed by atoms with van der Waals surface area (Å²) in [6.07, 6.45) is 0. The summed E-state index contributed by atoms with van der Waals surface area (Å²) in [5, 5.41) is 18.7. The molecule has 1 aromatic carbocycles. The molecule has 0 amide bonds. The molecule has 0 saturated carbocycles. The van der Waals surface area contributed by atoms with Crippen molar-refractivity contribution in [1.29, 1.82) is 0 Å². The van der Waals surface area contributed by atoms with Crippen LogP contribution < -0.4 is 0 Å². The molecule has 0 bridgehead atoms. The van der Waals surface area contributed by atoms with Gasteiger partial charge in [0.2, 0.25) is 0 Å². The SMILES string of the molecule is Cc1ccc(-c2ccc(Cl)nn2)cc1[N+](=O)[O-]. The molecule has 86 valence electrons. The molecule has 0 atom stereocenters. The summed E-state index contributed by atoms with van der Waals surface area (Å²) >= 11 is 5.62. The van der Waals surface area contributed by atoms with Crippen LogP contribution >= 0.6 is 11.6 Å². The van der Waals surface area contributed by atoms with Crippen LogP contribution in [-0.4, -0.2) is 15.1 Å². The highest BCUT2D eigenvalue weighted by atomic mass is 35.5. The lowest BCUT2D eigenvalue weighted by Crippen LogP contribution is -1.93. The monoisotopic (exact) mass is 249 g/mol. The molecule has 2 aromatic rings. The topological polar surface area (TPSA) is 68.9 Å². The average molecular weight is 250 g/mol. The van der Waals surface area contributed by atoms with Crippen LogP contribution in [0.5, 0.6) is 0 Å². The Morgan fingerprint density at radius 2 is 2.00 bits per heavy atom. The number of rotatable bonds is 2. The molecule has 1 aromatic heterocycles. The van der Waals surface area contributed by atoms with Crippen LogP contribution in [0.3, 0.4) is 0 Å². The van der Waals surface area contributed by atoms with E-state index < -0.39 is 4.92 Å². The molecule has 5 nitrogen and oxygen atoms in total. The lowest BCUT2D eigenvalue weighted by molar-refractivity contribution is -0.385. The van der Waals surface area contributed by atoms with Crippen molar-refractivity contribution in [2.24, 2.45) is 0 Å². The Balaban J connectivity index is 2.50. The summed E-state index contributed by atoms with van der Waals surface area (Å²) in [4.78, 5) is 10.4. The molecule has 0 unspecified atom stereocenters. The Labute approximate surface area is 102 Å². The maximum absolute atomic E-state index is 10.8. The van der Waals surface area contributed by atoms with Gasteiger partial charge in [0.25, 0.3) is 5.69 Å². The van der Waals surface area contributed by atoms with Crippen molar-refractivity contribution in [3.63, 3.8) is 0 Å². The molecule has 0 aliphatic heterocycles. The fourth-order valence-corrected chi connectivity index (χ4v) is 1.54. The van der Waals surface area contributed by atoms with Crippen LogP contribution in [0.4, 0.5) is 5.69 Å². The number of aryl methyl sites for hydroxylation is 1. The third-order valence-corrected chi connectivity index (χ3v) is 2.54. The quantitative estimate of drug-likeness (QED) is 0.606. The smallest absolute Gasteiger partial charge is 0.258 e. The molecule has 0 aliphatic rings. The number of halogens is 1. The summed E-state index contributed by atoms with van der Waals surface area (Å²) < 4.78 is 0. The Morgan fingerprint density at radius 1 is 1.24 bits per heavy atom. The van der Waals surface area contributed by atoms with Crippen molar-refractivity contribution in [2.45, 2.75) is 6.92 Å². The van der Waals surface area contributed by atoms with Crippen molar-refractivity contribution in [1.82, 2.24) is 10.2 Å². The first-order valence-electron chi connectivity index (χ1n) is 4.82. The van der Waals surface area contributed by atoms with E-state index in [1.54, 1.807) is 31.2 Å². The average Bonchev–Trinajstić information content (AvgIpc) is 2.30. The Kier molecular flexibility index (Phi) is 3.01. The molecule has 2 rings (SSSR count). The third-order valence-electron chi connectivity index (χ3n) is 2.33. The van der Waals surface area contributed by atoms with E-state index in [-0.39, 0.29) is 10.8 Å². The van der Waals surface area contributed by atoms with Gasteiger partial charge in [-0.3, -0.25) is 10.1 Å². The van der Waals surface area contributed by atoms with Crippen molar-refractivity contribution in [3.05, 3.63) is 51.2 Å². The van der Waals surface area contributed by atoms with E-state index in [0.29, 0.717) is 16.8 Å². The molecule has 1 heterocycles. The molecule has 0 fully saturated rings. The zero-order valence-corrected chi connectivity index (χ0v) is 9.68. The van der Waals surface area contributed by atoms with E-state index in [1.807, 2.05) is 0 Å². The number of hydrogen-bond donors (Lipinski definition) is 0. The lowest BCUT2D eigenvalue weighted by atomic mass is 10.1. The number of nitrogens with zero attached hydrogens (tertiary/aromatic N) is 3. The minimum absolute atomic E-state index is 0.0688. The van der Waals surface area contributed by atoms with Crippen LogP contribution in [-0.2, 0) is 0 Å². The maximum atomic E-state index is 10.8. The van der Waals surface area contributed by atoms with Gasteiger partial charge in [-0.2, -0.15) is 0 Å². The first kappa shape index (κ1) is 11.5. The van der Waals surface area contributed by atoms with Gasteiger partial charge in [-0.05, 0) is 19.1 Å². The van der Waals surface area contributed by atoms with E-state index in [1.165, 1.54) is 6.07 Å². The highest BCUT2D eigenvalue weighted by molar-refractivity contribution is 6.29. The molecule has 0 aliphatic carbocycles. The maximum Gasteiger partial charge on any atom is 0.272 e. The van der Waals surface area contributed by atoms with E-state index >= 15 is 0 Å². The van der Waals surface area contributed by atoms with Crippen LogP contribution in [0.25, 0.3) is 11.3 Å². The summed E-state index contributed by atoms with van der Waals surface area (Å²) in [5.41, 5.74) is 1.88. The van der Waals surface area contributed by atoms with Gasteiger partial charge in [0.1, 0.15) is 0 Å². The van der Waals surface area contributed by atoms with Gasteiger partial charge in [0.15, 0.2) is 5.15 Å². The van der Waals surface area contributed by atoms with Gasteiger partial charge in [-0.25, -0.2) is 0 Å². The summed E-state index contributed by atoms with van der Waals surface area (Å²) in [5.74, 6) is 0. The molecule has 6 heteroatoms. The molecule has 0 radical (unpaired) electrons. The Hall–Kier alpha value is -2.01. The van der Waals surface area contributed by atoms with E-state index in [9.17, 15) is 10.1 Å². The number of nitro benzene ring substituents is 1. The number of benzene rings is 1. The van der Waals surface area contributed by atoms with Crippen LogP contribution in [0, 0.1) is 17.0 Å². The molecule has 0 saturated heterocycles. The lowest BCUT2D eigenvalue weighted by Gasteiger charge is -2.02. The van der Waals surface area contributed by atoms with E-state index in [2.05, 4.69) is 10.2 Å². The Morgan fingerprint density at radius 3 is 2.59 bits per heavy atom. The van der Waals surface area contributed by atoms with Gasteiger partial charge >= 0.3 is 0 Å². The largest absolute Gasteiger partial charge is 0.272 e. The summed E-state index contributed by atoms with van der Waals surface area (Å²) in [7, 11) is 0. The van der Waals surface area contributed by atoms with Crippen LogP contribution in [0.2, 0.25) is 5.15 Å². The second kappa shape index (κ2) is 4.47. The second-order valence-electron chi connectivity index (χ2n) is 3.50. The highest BCUT2D eigenvalue weighted by Crippen LogP contribution is 2.25. The van der Waals surface area contributed by atoms with E-state index in [4.69, 9.17) is 11.6 Å². The minimum atomic E-state index is -0.415. The van der Waals surface area contributed by atoms with Crippen molar-refractivity contribution in [3.8, 4) is 11.3 Å². The number of aromatic nitrogens is 2. The minimum Gasteiger partial charge on any atom is -0.258 e. The number of hydrogen-bond acceptors (Lipinski definition) is 4. The number of nitro groups is 1. The van der Waals surface area contributed by atoms with Gasteiger partial charge in [0, 0.05) is 17.2 Å². The highest BCUT2D eigenvalue weighted by Gasteiger charge is 2.12. The first-order valence-corrected chi connectivity index (χ1v) is 5.20. The van der Waals surface area contributed by atoms with Crippen molar-refractivity contribution < 1.29 is 4.92 Å². The zero-order valence-electron chi connectivity index (χ0n) is 8.92. The van der Waals surface area contributed by atoms with Crippen LogP contribution in [0.1, 0.15) is 5.56 Å². The fourth-order valence-electron chi connectivity index (χ4n) is 1.44. The molecule has 0 N–H and O–H groups in total. The molecular weight excluding hydrogens is 242 g/mol. The molecular formula is C11H8ClN3O2. The summed E-state index contributed by atoms with van der Waals surface area (Å²) in [6.45, 7) is 1.69. The summed E-state index contributed by atoms with van der Waals surface area (Å²) in [6, 6.07) is 8.19. The van der Waals surface area contributed by atoms with Gasteiger partial charge in [-0.1, -0.05) is 23.7 Å². The predicted octanol–water partition coefficient (Wildman–Crippen LogP) is 3.01. The van der Waals surface area contributed by atoms with Crippen molar-refractivity contribution in [2.75, 3.05) is 0 Å². The van der Waals surface area contributed by atoms with E-state index in [0.717, 1.165) is 0 Å². The predicted molar refractivity (Wildman–Crippen MR) is 63.9 cm³/mol. The third kappa shape index (κ3) is 2.39. The van der Waals surface area contributed by atoms with Gasteiger partial charge in [0.05, 0.1) is 10.6 Å². The Bertz CT molecular complexity index is 569. The standard InChI is InChI=1S/C11H8ClN3O2/c1-7-2-3-8(6-10(7)15(16)17)9-4-5-11(12)14-13-9/h2-6H,1H3. The molecule has 17 heavy (non-hydrogen) atoms. The fraction of sp³-hybridized carbons (Fsp3) is 0.0909. The normalized spacial score (nSPS) is 10.2. The first-order chi connectivity index (χ1) is 8.08. The van der Waals surface area contributed by atoms with Crippen molar-refractivity contribution >= 4 is 17.3 Å². The molecule has 0 spiro atoms. The van der Waals surface area contributed by atoms with Gasteiger partial charge in [-0.15, -0.1) is 10.2 Å².